The van der Waals surface area contributed by atoms with E-state index in [4.69, 9.17) is 0 Å². The summed E-state index contributed by atoms with van der Waals surface area (Å²) in [5.74, 6) is 0. The molecule has 1 N–H and O–H groups in total. The van der Waals surface area contributed by atoms with Gasteiger partial charge in [0.1, 0.15) is 0 Å². The molecule has 0 heterocycles. The summed E-state index contributed by atoms with van der Waals surface area (Å²) >= 11 is 3.44. The van der Waals surface area contributed by atoms with Crippen molar-refractivity contribution in [2.75, 3.05) is 39.1 Å². The van der Waals surface area contributed by atoms with Crippen LogP contribution in [0.5, 0.6) is 0 Å². The maximum Gasteiger partial charge on any atom is 0.0101 e. The summed E-state index contributed by atoms with van der Waals surface area (Å²) in [7, 11) is 4.22. The van der Waals surface area contributed by atoms with E-state index in [1.807, 2.05) is 0 Å². The Morgan fingerprint density at radius 3 is 2.31 bits per heavy atom. The molecule has 0 radical (unpaired) electrons. The highest BCUT2D eigenvalue weighted by Crippen LogP contribution is 2.00. The minimum atomic E-state index is 1.12. The van der Waals surface area contributed by atoms with E-state index in [1.54, 1.807) is 0 Å². The standard InChI is InChI=1S/C10H23BrN2/c1-13(2)10-9-12-8-6-4-3-5-7-11/h12H,3-10H2,1-2H3. The topological polar surface area (TPSA) is 15.3 Å². The predicted molar refractivity (Wildman–Crippen MR) is 63.7 cm³/mol. The van der Waals surface area contributed by atoms with E-state index in [2.05, 4.69) is 40.2 Å². The van der Waals surface area contributed by atoms with E-state index in [-0.39, 0.29) is 0 Å². The maximum absolute atomic E-state index is 3.44. The first-order valence-corrected chi connectivity index (χ1v) is 6.31. The van der Waals surface area contributed by atoms with Crippen LogP contribution in [0, 0.1) is 0 Å². The molecule has 0 amide bonds. The Balaban J connectivity index is 2.84. The number of likely N-dealkylation sites (N-methyl/N-ethyl adjacent to an activating group) is 1. The van der Waals surface area contributed by atoms with Crippen molar-refractivity contribution in [2.24, 2.45) is 0 Å². The highest BCUT2D eigenvalue weighted by Gasteiger charge is 1.91. The third kappa shape index (κ3) is 12.4. The number of rotatable bonds is 9. The fraction of sp³-hybridized carbons (Fsp3) is 1.00. The molecule has 2 nitrogen and oxygen atoms in total. The molecular formula is C10H23BrN2. The van der Waals surface area contributed by atoms with Gasteiger partial charge in [-0.3, -0.25) is 0 Å². The Bertz CT molecular complexity index is 96.9. The predicted octanol–water partition coefficient (Wildman–Crippen LogP) is 2.09. The third-order valence-electron chi connectivity index (χ3n) is 1.97. The number of hydrogen-bond donors (Lipinski definition) is 1. The largest absolute Gasteiger partial charge is 0.315 e. The molecule has 0 atom stereocenters. The Kier molecular flexibility index (Phi) is 10.8. The van der Waals surface area contributed by atoms with Crippen LogP contribution in [0.25, 0.3) is 0 Å². The summed E-state index contributed by atoms with van der Waals surface area (Å²) in [5.41, 5.74) is 0. The molecule has 0 aliphatic heterocycles. The van der Waals surface area contributed by atoms with Crippen LogP contribution in [-0.2, 0) is 0 Å². The van der Waals surface area contributed by atoms with Crippen LogP contribution in [0.3, 0.4) is 0 Å². The summed E-state index contributed by atoms with van der Waals surface area (Å²) in [5, 5.41) is 4.59. The van der Waals surface area contributed by atoms with Gasteiger partial charge < -0.3 is 10.2 Å². The highest BCUT2D eigenvalue weighted by atomic mass is 79.9. The van der Waals surface area contributed by atoms with E-state index in [0.717, 1.165) is 18.4 Å². The highest BCUT2D eigenvalue weighted by molar-refractivity contribution is 9.09. The molecule has 0 rings (SSSR count). The summed E-state index contributed by atoms with van der Waals surface area (Å²) in [6.45, 7) is 3.43. The smallest absolute Gasteiger partial charge is 0.0101 e. The second-order valence-electron chi connectivity index (χ2n) is 3.66. The fourth-order valence-electron chi connectivity index (χ4n) is 1.13. The fourth-order valence-corrected chi connectivity index (χ4v) is 1.52. The third-order valence-corrected chi connectivity index (χ3v) is 2.53. The molecular weight excluding hydrogens is 228 g/mol. The van der Waals surface area contributed by atoms with E-state index < -0.39 is 0 Å². The first-order valence-electron chi connectivity index (χ1n) is 5.19. The van der Waals surface area contributed by atoms with Gasteiger partial charge in [0.15, 0.2) is 0 Å². The monoisotopic (exact) mass is 250 g/mol. The van der Waals surface area contributed by atoms with Crippen molar-refractivity contribution in [3.05, 3.63) is 0 Å². The summed E-state index contributed by atoms with van der Waals surface area (Å²) in [6.07, 6.45) is 5.36. The van der Waals surface area contributed by atoms with Crippen LogP contribution in [-0.4, -0.2) is 44.0 Å². The minimum absolute atomic E-state index is 1.12. The number of nitrogens with one attached hydrogen (secondary N) is 1. The molecule has 3 heteroatoms. The van der Waals surface area contributed by atoms with Gasteiger partial charge in [0, 0.05) is 18.4 Å². The van der Waals surface area contributed by atoms with Crippen molar-refractivity contribution in [2.45, 2.75) is 25.7 Å². The van der Waals surface area contributed by atoms with Crippen molar-refractivity contribution in [3.63, 3.8) is 0 Å². The number of hydrogen-bond acceptors (Lipinski definition) is 2. The van der Waals surface area contributed by atoms with Crippen molar-refractivity contribution >= 4 is 15.9 Å². The Labute approximate surface area is 91.2 Å². The van der Waals surface area contributed by atoms with Crippen LogP contribution in [0.2, 0.25) is 0 Å². The van der Waals surface area contributed by atoms with E-state index in [0.29, 0.717) is 0 Å². The average Bonchev–Trinajstić information content (AvgIpc) is 2.09. The maximum atomic E-state index is 3.44. The average molecular weight is 251 g/mol. The summed E-state index contributed by atoms with van der Waals surface area (Å²) in [6, 6.07) is 0. The Morgan fingerprint density at radius 1 is 1.00 bits per heavy atom. The number of halogens is 1. The quantitative estimate of drug-likeness (QED) is 0.498. The lowest BCUT2D eigenvalue weighted by atomic mass is 10.2. The van der Waals surface area contributed by atoms with Gasteiger partial charge >= 0.3 is 0 Å². The second kappa shape index (κ2) is 10.5. The first-order chi connectivity index (χ1) is 6.27. The lowest BCUT2D eigenvalue weighted by molar-refractivity contribution is 0.399. The van der Waals surface area contributed by atoms with Gasteiger partial charge in [-0.15, -0.1) is 0 Å². The number of alkyl halides is 1. The van der Waals surface area contributed by atoms with Gasteiger partial charge in [-0.2, -0.15) is 0 Å². The number of unbranched alkanes of at least 4 members (excludes halogenated alkanes) is 3. The summed E-state index contributed by atoms with van der Waals surface area (Å²) in [4.78, 5) is 2.21. The van der Waals surface area contributed by atoms with Crippen molar-refractivity contribution in [3.8, 4) is 0 Å². The van der Waals surface area contributed by atoms with Crippen LogP contribution in [0.1, 0.15) is 25.7 Å². The molecule has 0 saturated heterocycles. The SMILES string of the molecule is CN(C)CCNCCCCCCBr. The molecule has 13 heavy (non-hydrogen) atoms. The van der Waals surface area contributed by atoms with Crippen LogP contribution in [0.4, 0.5) is 0 Å². The van der Waals surface area contributed by atoms with Gasteiger partial charge in [0.25, 0.3) is 0 Å². The zero-order valence-corrected chi connectivity index (χ0v) is 10.6. The molecule has 0 saturated carbocycles. The van der Waals surface area contributed by atoms with Crippen molar-refractivity contribution < 1.29 is 0 Å². The molecule has 0 bridgehead atoms. The van der Waals surface area contributed by atoms with Gasteiger partial charge in [-0.05, 0) is 33.5 Å². The summed E-state index contributed by atoms with van der Waals surface area (Å²) < 4.78 is 0. The molecule has 0 aromatic carbocycles. The van der Waals surface area contributed by atoms with Gasteiger partial charge in [-0.25, -0.2) is 0 Å². The first kappa shape index (κ1) is 13.4. The zero-order chi connectivity index (χ0) is 9.94. The van der Waals surface area contributed by atoms with Crippen LogP contribution < -0.4 is 5.32 Å². The lowest BCUT2D eigenvalue weighted by Crippen LogP contribution is -2.27. The van der Waals surface area contributed by atoms with Crippen LogP contribution in [0.15, 0.2) is 0 Å². The molecule has 0 spiro atoms. The zero-order valence-electron chi connectivity index (χ0n) is 8.98. The molecule has 0 fully saturated rings. The van der Waals surface area contributed by atoms with Crippen LogP contribution >= 0.6 is 15.9 Å². The van der Waals surface area contributed by atoms with Crippen molar-refractivity contribution in [1.29, 1.82) is 0 Å². The lowest BCUT2D eigenvalue weighted by Gasteiger charge is -2.09. The Hall–Kier alpha value is 0.400. The molecule has 0 aliphatic rings. The Morgan fingerprint density at radius 2 is 1.69 bits per heavy atom. The van der Waals surface area contributed by atoms with Gasteiger partial charge in [0.05, 0.1) is 0 Å². The number of nitrogens with zero attached hydrogens (tertiary/aromatic N) is 1. The molecule has 0 aromatic heterocycles. The molecule has 80 valence electrons. The second-order valence-corrected chi connectivity index (χ2v) is 4.45. The van der Waals surface area contributed by atoms with E-state index >= 15 is 0 Å². The normalized spacial score (nSPS) is 11.1. The van der Waals surface area contributed by atoms with Gasteiger partial charge in [-0.1, -0.05) is 28.8 Å². The van der Waals surface area contributed by atoms with Gasteiger partial charge in [0.2, 0.25) is 0 Å². The van der Waals surface area contributed by atoms with Crippen molar-refractivity contribution in [1.82, 2.24) is 10.2 Å². The molecule has 0 aliphatic carbocycles. The van der Waals surface area contributed by atoms with E-state index in [1.165, 1.54) is 32.2 Å². The minimum Gasteiger partial charge on any atom is -0.315 e. The molecule has 0 aromatic rings. The molecule has 0 unspecified atom stereocenters. The van der Waals surface area contributed by atoms with E-state index in [9.17, 15) is 0 Å².